The molecule has 1 amide bonds. The molecule has 0 aliphatic carbocycles. The number of rotatable bonds is 6. The number of carbonyl (C=O) groups excluding carboxylic acids is 1. The van der Waals surface area contributed by atoms with Crippen molar-refractivity contribution >= 4 is 17.7 Å². The number of benzene rings is 1. The lowest BCUT2D eigenvalue weighted by atomic mass is 10.1. The summed E-state index contributed by atoms with van der Waals surface area (Å²) in [6, 6.07) is 6.47. The Morgan fingerprint density at radius 1 is 1.30 bits per heavy atom. The molecule has 23 heavy (non-hydrogen) atoms. The molecule has 1 aromatic carbocycles. The summed E-state index contributed by atoms with van der Waals surface area (Å²) in [5, 5.41) is 7.92. The van der Waals surface area contributed by atoms with Crippen molar-refractivity contribution < 1.29 is 13.6 Å². The minimum absolute atomic E-state index is 0.00106. The maximum Gasteiger partial charge on any atom is 0.277 e. The smallest absolute Gasteiger partial charge is 0.277 e. The lowest BCUT2D eigenvalue weighted by Gasteiger charge is -2.21. The fraction of sp³-hybridized carbons (Fsp3) is 0.438. The van der Waals surface area contributed by atoms with E-state index in [0.717, 1.165) is 0 Å². The van der Waals surface area contributed by atoms with Crippen molar-refractivity contribution in [3.63, 3.8) is 0 Å². The van der Waals surface area contributed by atoms with Crippen LogP contribution < -0.4 is 0 Å². The molecule has 0 saturated heterocycles. The SMILES string of the molecule is CC(C)C(Sc1nnc(Cc2ccccc2F)o1)C(=O)N(C)C. The molecule has 0 aliphatic rings. The second-order valence-corrected chi connectivity index (χ2v) is 6.84. The van der Waals surface area contributed by atoms with Crippen LogP contribution in [0.4, 0.5) is 4.39 Å². The molecule has 0 N–H and O–H groups in total. The van der Waals surface area contributed by atoms with Gasteiger partial charge in [0, 0.05) is 14.1 Å². The van der Waals surface area contributed by atoms with Crippen LogP contribution in [0.15, 0.2) is 33.9 Å². The third-order valence-corrected chi connectivity index (χ3v) is 4.63. The Labute approximate surface area is 139 Å². The predicted molar refractivity (Wildman–Crippen MR) is 86.7 cm³/mol. The van der Waals surface area contributed by atoms with Crippen LogP contribution in [0.1, 0.15) is 25.3 Å². The summed E-state index contributed by atoms with van der Waals surface area (Å²) in [6.07, 6.45) is 0.230. The van der Waals surface area contributed by atoms with Gasteiger partial charge in [0.2, 0.25) is 11.8 Å². The number of hydrogen-bond donors (Lipinski definition) is 0. The van der Waals surface area contributed by atoms with Crippen LogP contribution in [-0.4, -0.2) is 40.3 Å². The lowest BCUT2D eigenvalue weighted by Crippen LogP contribution is -2.34. The molecule has 1 atom stereocenters. The van der Waals surface area contributed by atoms with Crippen LogP contribution in [0.25, 0.3) is 0 Å². The van der Waals surface area contributed by atoms with E-state index in [1.165, 1.54) is 17.8 Å². The standard InChI is InChI=1S/C16H20FN3O2S/c1-10(2)14(15(21)20(3)4)23-16-19-18-13(22-16)9-11-7-5-6-8-12(11)17/h5-8,10,14H,9H2,1-4H3. The van der Waals surface area contributed by atoms with Crippen LogP contribution in [0.2, 0.25) is 0 Å². The number of thioether (sulfide) groups is 1. The fourth-order valence-electron chi connectivity index (χ4n) is 2.00. The molecule has 0 spiro atoms. The quantitative estimate of drug-likeness (QED) is 0.759. The Morgan fingerprint density at radius 2 is 2.00 bits per heavy atom. The molecule has 2 aromatic rings. The van der Waals surface area contributed by atoms with Crippen molar-refractivity contribution in [3.8, 4) is 0 Å². The molecular formula is C16H20FN3O2S. The molecule has 0 fully saturated rings. The topological polar surface area (TPSA) is 59.2 Å². The van der Waals surface area contributed by atoms with E-state index >= 15 is 0 Å². The van der Waals surface area contributed by atoms with Gasteiger partial charge in [-0.05, 0) is 17.5 Å². The van der Waals surface area contributed by atoms with E-state index in [1.54, 1.807) is 37.2 Å². The summed E-state index contributed by atoms with van der Waals surface area (Å²) < 4.78 is 19.2. The van der Waals surface area contributed by atoms with E-state index in [0.29, 0.717) is 16.7 Å². The maximum atomic E-state index is 13.6. The number of amides is 1. The van der Waals surface area contributed by atoms with Crippen molar-refractivity contribution in [2.75, 3.05) is 14.1 Å². The molecule has 1 unspecified atom stereocenters. The third-order valence-electron chi connectivity index (χ3n) is 3.27. The van der Waals surface area contributed by atoms with Crippen molar-refractivity contribution in [2.45, 2.75) is 30.7 Å². The van der Waals surface area contributed by atoms with E-state index < -0.39 is 0 Å². The molecule has 1 aromatic heterocycles. The molecule has 0 saturated carbocycles. The predicted octanol–water partition coefficient (Wildman–Crippen LogP) is 3.00. The molecule has 5 nitrogen and oxygen atoms in total. The highest BCUT2D eigenvalue weighted by molar-refractivity contribution is 8.00. The molecule has 2 rings (SSSR count). The van der Waals surface area contributed by atoms with Gasteiger partial charge in [0.15, 0.2) is 0 Å². The molecular weight excluding hydrogens is 317 g/mol. The Kier molecular flexibility index (Phi) is 5.76. The van der Waals surface area contributed by atoms with Gasteiger partial charge in [0.05, 0.1) is 11.7 Å². The first-order valence-electron chi connectivity index (χ1n) is 7.32. The van der Waals surface area contributed by atoms with Crippen molar-refractivity contribution in [2.24, 2.45) is 5.92 Å². The zero-order valence-electron chi connectivity index (χ0n) is 13.6. The first-order valence-corrected chi connectivity index (χ1v) is 8.20. The van der Waals surface area contributed by atoms with Crippen LogP contribution >= 0.6 is 11.8 Å². The van der Waals surface area contributed by atoms with Gasteiger partial charge in [-0.3, -0.25) is 4.79 Å². The van der Waals surface area contributed by atoms with Crippen molar-refractivity contribution in [1.29, 1.82) is 0 Å². The second-order valence-electron chi connectivity index (χ2n) is 5.75. The summed E-state index contributed by atoms with van der Waals surface area (Å²) in [6.45, 7) is 3.94. The van der Waals surface area contributed by atoms with E-state index in [1.807, 2.05) is 13.8 Å². The number of halogens is 1. The van der Waals surface area contributed by atoms with Crippen LogP contribution in [0.3, 0.4) is 0 Å². The number of aromatic nitrogens is 2. The van der Waals surface area contributed by atoms with E-state index in [-0.39, 0.29) is 29.3 Å². The third kappa shape index (κ3) is 4.54. The van der Waals surface area contributed by atoms with Crippen LogP contribution in [0, 0.1) is 11.7 Å². The van der Waals surface area contributed by atoms with Gasteiger partial charge in [-0.15, -0.1) is 10.2 Å². The van der Waals surface area contributed by atoms with E-state index in [2.05, 4.69) is 10.2 Å². The van der Waals surface area contributed by atoms with E-state index in [4.69, 9.17) is 4.42 Å². The van der Waals surface area contributed by atoms with Gasteiger partial charge in [-0.25, -0.2) is 4.39 Å². The Balaban J connectivity index is 2.09. The summed E-state index contributed by atoms with van der Waals surface area (Å²) in [4.78, 5) is 13.7. The van der Waals surface area contributed by atoms with Crippen molar-refractivity contribution in [3.05, 3.63) is 41.5 Å². The summed E-state index contributed by atoms with van der Waals surface area (Å²) in [5.41, 5.74) is 0.498. The average Bonchev–Trinajstić information content (AvgIpc) is 2.93. The molecule has 7 heteroatoms. The number of hydrogen-bond acceptors (Lipinski definition) is 5. The fourth-order valence-corrected chi connectivity index (χ4v) is 3.03. The Morgan fingerprint density at radius 3 is 2.61 bits per heavy atom. The molecule has 0 aliphatic heterocycles. The molecule has 0 bridgehead atoms. The van der Waals surface area contributed by atoms with Crippen molar-refractivity contribution in [1.82, 2.24) is 15.1 Å². The molecule has 124 valence electrons. The highest BCUT2D eigenvalue weighted by Gasteiger charge is 2.27. The minimum Gasteiger partial charge on any atom is -0.416 e. The van der Waals surface area contributed by atoms with Crippen LogP contribution in [0.5, 0.6) is 0 Å². The highest BCUT2D eigenvalue weighted by Crippen LogP contribution is 2.28. The van der Waals surface area contributed by atoms with Gasteiger partial charge in [-0.1, -0.05) is 43.8 Å². The summed E-state index contributed by atoms with van der Waals surface area (Å²) >= 11 is 1.24. The summed E-state index contributed by atoms with van der Waals surface area (Å²) in [5.74, 6) is 0.149. The zero-order valence-corrected chi connectivity index (χ0v) is 14.4. The average molecular weight is 337 g/mol. The van der Waals surface area contributed by atoms with E-state index in [9.17, 15) is 9.18 Å². The Bertz CT molecular complexity index is 673. The number of nitrogens with zero attached hydrogens (tertiary/aromatic N) is 3. The molecule has 1 heterocycles. The van der Waals surface area contributed by atoms with Gasteiger partial charge in [0.25, 0.3) is 5.22 Å². The van der Waals surface area contributed by atoms with Gasteiger partial charge in [0.1, 0.15) is 5.82 Å². The number of carbonyl (C=O) groups is 1. The second kappa shape index (κ2) is 7.59. The monoisotopic (exact) mass is 337 g/mol. The Hall–Kier alpha value is -1.89. The van der Waals surface area contributed by atoms with Gasteiger partial charge >= 0.3 is 0 Å². The first-order chi connectivity index (χ1) is 10.9. The largest absolute Gasteiger partial charge is 0.416 e. The lowest BCUT2D eigenvalue weighted by molar-refractivity contribution is -0.128. The summed E-state index contributed by atoms with van der Waals surface area (Å²) in [7, 11) is 3.44. The minimum atomic E-state index is -0.303. The molecule has 0 radical (unpaired) electrons. The highest BCUT2D eigenvalue weighted by atomic mass is 32.2. The van der Waals surface area contributed by atoms with Gasteiger partial charge < -0.3 is 9.32 Å². The first kappa shape index (κ1) is 17.5. The van der Waals surface area contributed by atoms with Gasteiger partial charge in [-0.2, -0.15) is 0 Å². The normalized spacial score (nSPS) is 12.4. The maximum absolute atomic E-state index is 13.6. The van der Waals surface area contributed by atoms with Crippen LogP contribution in [-0.2, 0) is 11.2 Å². The zero-order chi connectivity index (χ0) is 17.0.